The molecule has 1 aliphatic heterocycles. The average Bonchev–Trinajstić information content (AvgIpc) is 2.60. The van der Waals surface area contributed by atoms with E-state index in [9.17, 15) is 4.79 Å². The molecule has 120 valence electrons. The van der Waals surface area contributed by atoms with Gasteiger partial charge in [0.25, 0.3) is 0 Å². The first-order valence-corrected chi connectivity index (χ1v) is 8.39. The van der Waals surface area contributed by atoms with Crippen molar-refractivity contribution >= 4 is 17.2 Å². The van der Waals surface area contributed by atoms with Crippen molar-refractivity contribution in [3.8, 4) is 0 Å². The van der Waals surface area contributed by atoms with Crippen LogP contribution < -0.4 is 4.90 Å². The normalized spacial score (nSPS) is 16.3. The lowest BCUT2D eigenvalue weighted by Crippen LogP contribution is -2.42. The predicted molar refractivity (Wildman–Crippen MR) is 96.2 cm³/mol. The minimum atomic E-state index is 0.146. The lowest BCUT2D eigenvalue weighted by Gasteiger charge is -2.36. The number of hydrogen-bond acceptors (Lipinski definition) is 2. The molecule has 0 aromatic heterocycles. The van der Waals surface area contributed by atoms with Crippen molar-refractivity contribution in [2.24, 2.45) is 0 Å². The highest BCUT2D eigenvalue weighted by Crippen LogP contribution is 2.42. The summed E-state index contributed by atoms with van der Waals surface area (Å²) in [6.45, 7) is 8.58. The second-order valence-electron chi connectivity index (χ2n) is 6.00. The molecule has 1 aromatic rings. The molecule has 1 aromatic carbocycles. The molecular formula is C20H24N2O. The highest BCUT2D eigenvalue weighted by atomic mass is 16.2. The van der Waals surface area contributed by atoms with Crippen molar-refractivity contribution in [3.63, 3.8) is 0 Å². The molecule has 0 radical (unpaired) electrons. The topological polar surface area (TPSA) is 23.6 Å². The lowest BCUT2D eigenvalue weighted by molar-refractivity contribution is -0.119. The maximum Gasteiger partial charge on any atom is 0.245 e. The standard InChI is InChI=1S/C20H24N2O/c1-4-21(5-2)14-20(23)22-18-12-8-6-10-16(18)15(3)17-11-7-9-13-19(17)22/h6-10,12-13H,4-5,11,14H2,1-3H3. The van der Waals surface area contributed by atoms with E-state index in [1.54, 1.807) is 0 Å². The van der Waals surface area contributed by atoms with Gasteiger partial charge in [-0.1, -0.05) is 44.2 Å². The molecule has 3 rings (SSSR count). The summed E-state index contributed by atoms with van der Waals surface area (Å²) >= 11 is 0. The summed E-state index contributed by atoms with van der Waals surface area (Å²) in [6.07, 6.45) is 7.17. The van der Waals surface area contributed by atoms with Gasteiger partial charge in [-0.25, -0.2) is 0 Å². The van der Waals surface area contributed by atoms with Crippen molar-refractivity contribution in [2.75, 3.05) is 24.5 Å². The minimum Gasteiger partial charge on any atom is -0.295 e. The van der Waals surface area contributed by atoms with Crippen molar-refractivity contribution < 1.29 is 4.79 Å². The number of anilines is 1. The van der Waals surface area contributed by atoms with Gasteiger partial charge in [-0.05, 0) is 49.7 Å². The average molecular weight is 308 g/mol. The Morgan fingerprint density at radius 1 is 1.22 bits per heavy atom. The van der Waals surface area contributed by atoms with Gasteiger partial charge >= 0.3 is 0 Å². The van der Waals surface area contributed by atoms with E-state index in [2.05, 4.69) is 56.0 Å². The lowest BCUT2D eigenvalue weighted by atomic mass is 9.88. The fourth-order valence-corrected chi connectivity index (χ4v) is 3.36. The van der Waals surface area contributed by atoms with Crippen LogP contribution in [-0.4, -0.2) is 30.4 Å². The Morgan fingerprint density at radius 2 is 1.96 bits per heavy atom. The predicted octanol–water partition coefficient (Wildman–Crippen LogP) is 3.99. The summed E-state index contributed by atoms with van der Waals surface area (Å²) in [5.41, 5.74) is 5.76. The second kappa shape index (κ2) is 6.55. The number of carbonyl (C=O) groups excluding carboxylic acids is 1. The van der Waals surface area contributed by atoms with E-state index < -0.39 is 0 Å². The number of hydrogen-bond donors (Lipinski definition) is 0. The van der Waals surface area contributed by atoms with E-state index in [0.717, 1.165) is 30.9 Å². The summed E-state index contributed by atoms with van der Waals surface area (Å²) < 4.78 is 0. The number of amides is 1. The highest BCUT2D eigenvalue weighted by Gasteiger charge is 2.31. The van der Waals surface area contributed by atoms with Crippen LogP contribution in [0.15, 0.2) is 53.8 Å². The van der Waals surface area contributed by atoms with Gasteiger partial charge in [0.05, 0.1) is 17.9 Å². The van der Waals surface area contributed by atoms with Crippen LogP contribution in [-0.2, 0) is 4.79 Å². The van der Waals surface area contributed by atoms with E-state index in [1.165, 1.54) is 16.7 Å². The third-order valence-corrected chi connectivity index (χ3v) is 4.77. The third kappa shape index (κ3) is 2.77. The van der Waals surface area contributed by atoms with Gasteiger partial charge in [-0.3, -0.25) is 14.6 Å². The number of likely N-dealkylation sites (N-methyl/N-ethyl adjacent to an activating group) is 1. The Labute approximate surface area is 138 Å². The third-order valence-electron chi connectivity index (χ3n) is 4.77. The van der Waals surface area contributed by atoms with Crippen LogP contribution in [0.4, 0.5) is 5.69 Å². The van der Waals surface area contributed by atoms with E-state index in [0.29, 0.717) is 6.54 Å². The largest absolute Gasteiger partial charge is 0.295 e. The fourth-order valence-electron chi connectivity index (χ4n) is 3.36. The molecular weight excluding hydrogens is 284 g/mol. The summed E-state index contributed by atoms with van der Waals surface area (Å²) in [5, 5.41) is 0. The molecule has 1 heterocycles. The van der Waals surface area contributed by atoms with Crippen molar-refractivity contribution in [3.05, 3.63) is 59.3 Å². The molecule has 0 spiro atoms. The molecule has 23 heavy (non-hydrogen) atoms. The zero-order valence-electron chi connectivity index (χ0n) is 14.2. The first kappa shape index (κ1) is 15.8. The summed E-state index contributed by atoms with van der Waals surface area (Å²) in [4.78, 5) is 17.1. The number of carbonyl (C=O) groups is 1. The van der Waals surface area contributed by atoms with Crippen LogP contribution in [0.3, 0.4) is 0 Å². The van der Waals surface area contributed by atoms with E-state index in [1.807, 2.05) is 17.0 Å². The highest BCUT2D eigenvalue weighted by molar-refractivity contribution is 6.04. The number of nitrogens with zero attached hydrogens (tertiary/aromatic N) is 2. The number of fused-ring (bicyclic) bond motifs is 2. The Balaban J connectivity index is 2.06. The Bertz CT molecular complexity index is 708. The van der Waals surface area contributed by atoms with Crippen molar-refractivity contribution in [2.45, 2.75) is 27.2 Å². The molecule has 3 nitrogen and oxygen atoms in total. The molecule has 0 N–H and O–H groups in total. The van der Waals surface area contributed by atoms with Crippen LogP contribution in [0.1, 0.15) is 32.8 Å². The monoisotopic (exact) mass is 308 g/mol. The SMILES string of the molecule is CCN(CC)CC(=O)N1C2=CC=CCC2=C(C)c2ccccc21. The minimum absolute atomic E-state index is 0.146. The Kier molecular flexibility index (Phi) is 4.49. The summed E-state index contributed by atoms with van der Waals surface area (Å²) in [7, 11) is 0. The second-order valence-corrected chi connectivity index (χ2v) is 6.00. The molecule has 3 heteroatoms. The van der Waals surface area contributed by atoms with Gasteiger partial charge in [-0.15, -0.1) is 0 Å². The van der Waals surface area contributed by atoms with Gasteiger partial charge in [0.15, 0.2) is 0 Å². The number of allylic oxidation sites excluding steroid dienone is 5. The molecule has 0 fully saturated rings. The number of rotatable bonds is 4. The maximum absolute atomic E-state index is 13.0. The molecule has 0 bridgehead atoms. The number of benzene rings is 1. The van der Waals surface area contributed by atoms with Gasteiger partial charge in [0, 0.05) is 5.56 Å². The fraction of sp³-hybridized carbons (Fsp3) is 0.350. The molecule has 1 amide bonds. The molecule has 0 atom stereocenters. The molecule has 2 aliphatic rings. The van der Waals surface area contributed by atoms with Gasteiger partial charge in [0.1, 0.15) is 0 Å². The summed E-state index contributed by atoms with van der Waals surface area (Å²) in [5.74, 6) is 0.146. The van der Waals surface area contributed by atoms with Crippen molar-refractivity contribution in [1.29, 1.82) is 0 Å². The first-order chi connectivity index (χ1) is 11.2. The smallest absolute Gasteiger partial charge is 0.245 e. The Hall–Kier alpha value is -2.13. The van der Waals surface area contributed by atoms with E-state index >= 15 is 0 Å². The molecule has 0 saturated carbocycles. The van der Waals surface area contributed by atoms with Gasteiger partial charge in [-0.2, -0.15) is 0 Å². The molecule has 0 unspecified atom stereocenters. The van der Waals surface area contributed by atoms with Crippen LogP contribution >= 0.6 is 0 Å². The van der Waals surface area contributed by atoms with Crippen molar-refractivity contribution in [1.82, 2.24) is 4.90 Å². The zero-order valence-corrected chi connectivity index (χ0v) is 14.2. The van der Waals surface area contributed by atoms with Crippen LogP contribution in [0, 0.1) is 0 Å². The quantitative estimate of drug-likeness (QED) is 0.839. The first-order valence-electron chi connectivity index (χ1n) is 8.39. The number of para-hydroxylation sites is 1. The molecule has 1 aliphatic carbocycles. The zero-order chi connectivity index (χ0) is 16.4. The van der Waals surface area contributed by atoms with Gasteiger partial charge < -0.3 is 0 Å². The summed E-state index contributed by atoms with van der Waals surface area (Å²) in [6, 6.07) is 8.22. The maximum atomic E-state index is 13.0. The van der Waals surface area contributed by atoms with E-state index in [4.69, 9.17) is 0 Å². The van der Waals surface area contributed by atoms with E-state index in [-0.39, 0.29) is 5.91 Å². The van der Waals surface area contributed by atoms with Gasteiger partial charge in [0.2, 0.25) is 5.91 Å². The van der Waals surface area contributed by atoms with Crippen LogP contribution in [0.25, 0.3) is 5.57 Å². The van der Waals surface area contributed by atoms with Crippen LogP contribution in [0.5, 0.6) is 0 Å². The Morgan fingerprint density at radius 3 is 2.70 bits per heavy atom. The molecule has 0 saturated heterocycles. The van der Waals surface area contributed by atoms with Crippen LogP contribution in [0.2, 0.25) is 0 Å².